The summed E-state index contributed by atoms with van der Waals surface area (Å²) in [5.74, 6) is 0.857. The van der Waals surface area contributed by atoms with E-state index in [0.29, 0.717) is 28.4 Å². The molecule has 1 fully saturated rings. The van der Waals surface area contributed by atoms with Gasteiger partial charge in [0.25, 0.3) is 0 Å². The Bertz CT molecular complexity index is 1260. The predicted molar refractivity (Wildman–Crippen MR) is 137 cm³/mol. The van der Waals surface area contributed by atoms with Gasteiger partial charge < -0.3 is 9.47 Å². The van der Waals surface area contributed by atoms with Crippen LogP contribution >= 0.6 is 0 Å². The number of carbonyl (C=O) groups is 2. The summed E-state index contributed by atoms with van der Waals surface area (Å²) in [5, 5.41) is 2.36. The quantitative estimate of drug-likeness (QED) is 0.439. The molecular weight excluding hydrogens is 470 g/mol. The van der Waals surface area contributed by atoms with E-state index >= 15 is 0 Å². The highest BCUT2D eigenvalue weighted by Crippen LogP contribution is 2.40. The zero-order valence-electron chi connectivity index (χ0n) is 20.8. The molecule has 1 saturated heterocycles. The van der Waals surface area contributed by atoms with Crippen LogP contribution in [0.15, 0.2) is 36.4 Å². The van der Waals surface area contributed by atoms with Crippen molar-refractivity contribution in [2.45, 2.75) is 32.6 Å². The van der Waals surface area contributed by atoms with Gasteiger partial charge in [0.15, 0.2) is 0 Å². The predicted octanol–water partition coefficient (Wildman–Crippen LogP) is 3.96. The molecule has 9 nitrogen and oxygen atoms in total. The maximum Gasteiger partial charge on any atom is 0.328 e. The highest BCUT2D eigenvalue weighted by atomic mass is 32.2. The summed E-state index contributed by atoms with van der Waals surface area (Å²) in [6.45, 7) is 6.42. The number of urea groups is 1. The number of benzene rings is 2. The zero-order valence-corrected chi connectivity index (χ0v) is 21.6. The second kappa shape index (κ2) is 9.99. The average Bonchev–Trinajstić information content (AvgIpc) is 2.76. The Kier molecular flexibility index (Phi) is 7.44. The summed E-state index contributed by atoms with van der Waals surface area (Å²) in [6, 6.07) is 10.0. The second-order valence-electron chi connectivity index (χ2n) is 9.29. The van der Waals surface area contributed by atoms with Gasteiger partial charge in [-0.2, -0.15) is 0 Å². The molecule has 188 valence electrons. The fourth-order valence-corrected chi connectivity index (χ4v) is 4.38. The summed E-state index contributed by atoms with van der Waals surface area (Å²) in [5.41, 5.74) is 3.06. The van der Waals surface area contributed by atoms with Crippen LogP contribution in [0.1, 0.15) is 43.9 Å². The number of methoxy groups -OCH3 is 2. The molecule has 0 spiro atoms. The zero-order chi connectivity index (χ0) is 26.0. The molecule has 0 bridgehead atoms. The van der Waals surface area contributed by atoms with Crippen molar-refractivity contribution < 1.29 is 27.5 Å². The van der Waals surface area contributed by atoms with E-state index in [4.69, 9.17) is 9.47 Å². The van der Waals surface area contributed by atoms with Gasteiger partial charge in [-0.3, -0.25) is 19.7 Å². The molecule has 2 aromatic carbocycles. The van der Waals surface area contributed by atoms with Gasteiger partial charge in [-0.05, 0) is 47.9 Å². The van der Waals surface area contributed by atoms with Gasteiger partial charge in [-0.1, -0.05) is 20.8 Å². The molecule has 0 aromatic heterocycles. The van der Waals surface area contributed by atoms with Gasteiger partial charge in [0, 0.05) is 41.0 Å². The number of rotatable bonds is 7. The Morgan fingerprint density at radius 3 is 2.29 bits per heavy atom. The van der Waals surface area contributed by atoms with E-state index < -0.39 is 16.1 Å². The minimum Gasteiger partial charge on any atom is -0.496 e. The van der Waals surface area contributed by atoms with Crippen LogP contribution in [0.3, 0.4) is 0 Å². The van der Waals surface area contributed by atoms with E-state index in [1.165, 1.54) is 4.90 Å². The van der Waals surface area contributed by atoms with E-state index in [0.717, 1.165) is 17.4 Å². The fourth-order valence-electron chi connectivity index (χ4n) is 3.81. The van der Waals surface area contributed by atoms with Crippen LogP contribution in [0.5, 0.6) is 5.75 Å². The lowest BCUT2D eigenvalue weighted by molar-refractivity contribution is -0.120. The molecule has 35 heavy (non-hydrogen) atoms. The Morgan fingerprint density at radius 1 is 1.11 bits per heavy atom. The molecule has 1 aliphatic rings. The average molecular weight is 502 g/mol. The highest BCUT2D eigenvalue weighted by molar-refractivity contribution is 7.92. The number of nitrogens with one attached hydrogen (secondary N) is 2. The topological polar surface area (TPSA) is 114 Å². The smallest absolute Gasteiger partial charge is 0.328 e. The number of sulfonamides is 1. The molecule has 3 rings (SSSR count). The first-order valence-electron chi connectivity index (χ1n) is 11.0. The van der Waals surface area contributed by atoms with Crippen LogP contribution in [0.4, 0.5) is 16.2 Å². The maximum absolute atomic E-state index is 12.5. The van der Waals surface area contributed by atoms with Crippen LogP contribution in [0.25, 0.3) is 11.8 Å². The molecule has 2 N–H and O–H groups in total. The van der Waals surface area contributed by atoms with Crippen molar-refractivity contribution in [1.29, 1.82) is 0 Å². The van der Waals surface area contributed by atoms with E-state index in [2.05, 4.69) is 10.0 Å². The van der Waals surface area contributed by atoms with Crippen LogP contribution in [0, 0.1) is 0 Å². The minimum atomic E-state index is -3.39. The van der Waals surface area contributed by atoms with Crippen molar-refractivity contribution in [2.24, 2.45) is 0 Å². The third kappa shape index (κ3) is 6.33. The molecule has 0 unspecified atom stereocenters. The third-order valence-electron chi connectivity index (χ3n) is 5.46. The molecular formula is C25H31N3O6S. The second-order valence-corrected chi connectivity index (χ2v) is 11.0. The maximum atomic E-state index is 12.5. The molecule has 1 aliphatic heterocycles. The van der Waals surface area contributed by atoms with Crippen LogP contribution < -0.4 is 19.7 Å². The Morgan fingerprint density at radius 2 is 1.77 bits per heavy atom. The third-order valence-corrected chi connectivity index (χ3v) is 6.07. The lowest BCUT2D eigenvalue weighted by atomic mass is 9.84. The number of anilines is 2. The van der Waals surface area contributed by atoms with E-state index in [1.807, 2.05) is 39.0 Å². The largest absolute Gasteiger partial charge is 0.496 e. The van der Waals surface area contributed by atoms with Gasteiger partial charge in [0.2, 0.25) is 15.9 Å². The first kappa shape index (κ1) is 26.1. The van der Waals surface area contributed by atoms with Crippen molar-refractivity contribution in [3.8, 4) is 5.75 Å². The molecule has 10 heteroatoms. The summed E-state index contributed by atoms with van der Waals surface area (Å²) >= 11 is 0. The van der Waals surface area contributed by atoms with Crippen molar-refractivity contribution in [3.63, 3.8) is 0 Å². The minimum absolute atomic E-state index is 0.213. The van der Waals surface area contributed by atoms with E-state index in [1.54, 1.807) is 38.5 Å². The molecule has 0 atom stereocenters. The number of nitrogens with zero attached hydrogens (tertiary/aromatic N) is 1. The van der Waals surface area contributed by atoms with Gasteiger partial charge in [0.05, 0.1) is 20.5 Å². The Balaban J connectivity index is 2.12. The summed E-state index contributed by atoms with van der Waals surface area (Å²) < 4.78 is 36.9. The number of imide groups is 1. The van der Waals surface area contributed by atoms with Gasteiger partial charge in [-0.25, -0.2) is 13.2 Å². The van der Waals surface area contributed by atoms with Crippen molar-refractivity contribution in [1.82, 2.24) is 5.32 Å². The monoisotopic (exact) mass is 501 g/mol. The molecule has 0 saturated carbocycles. The molecule has 0 aliphatic carbocycles. The van der Waals surface area contributed by atoms with Gasteiger partial charge in [0.1, 0.15) is 11.5 Å². The van der Waals surface area contributed by atoms with Crippen molar-refractivity contribution in [3.05, 3.63) is 53.1 Å². The Hall–Kier alpha value is -3.53. The van der Waals surface area contributed by atoms with E-state index in [-0.39, 0.29) is 24.3 Å². The van der Waals surface area contributed by atoms with Gasteiger partial charge >= 0.3 is 6.03 Å². The first-order valence-corrected chi connectivity index (χ1v) is 12.9. The van der Waals surface area contributed by atoms with Crippen LogP contribution in [-0.4, -0.2) is 47.4 Å². The fraction of sp³-hybridized carbons (Fsp3) is 0.360. The number of hydrogen-bond donors (Lipinski definition) is 2. The number of amides is 3. The number of carbonyl (C=O) groups excluding carboxylic acids is 2. The van der Waals surface area contributed by atoms with Crippen LogP contribution in [-0.2, 0) is 25.0 Å². The van der Waals surface area contributed by atoms with E-state index in [9.17, 15) is 18.0 Å². The number of ether oxygens (including phenoxy) is 2. The van der Waals surface area contributed by atoms with Crippen molar-refractivity contribution in [2.75, 3.05) is 36.6 Å². The molecule has 3 amide bonds. The normalized spacial score (nSPS) is 15.0. The Labute approximate surface area is 206 Å². The molecule has 2 aromatic rings. The summed E-state index contributed by atoms with van der Waals surface area (Å²) in [6.07, 6.45) is 3.11. The lowest BCUT2D eigenvalue weighted by Crippen LogP contribution is -2.49. The summed E-state index contributed by atoms with van der Waals surface area (Å²) in [4.78, 5) is 25.7. The number of hydrogen-bond acceptors (Lipinski definition) is 6. The standard InChI is InChI=1S/C25H31N3O6S/c1-25(2,3)20-15-19(28-12-11-22(29)26-24(28)30)13-17(23(20)34-5)14-21(33-4)16-7-9-18(10-8-16)27-35(6,31)32/h7-10,13-15,27H,11-12H2,1-6H3,(H,26,29,30). The summed E-state index contributed by atoms with van der Waals surface area (Å²) in [7, 11) is -0.256. The highest BCUT2D eigenvalue weighted by Gasteiger charge is 2.28. The molecule has 1 heterocycles. The lowest BCUT2D eigenvalue weighted by Gasteiger charge is -2.30. The first-order chi connectivity index (χ1) is 16.3. The van der Waals surface area contributed by atoms with Gasteiger partial charge in [-0.15, -0.1) is 0 Å². The SMILES string of the molecule is COC(=Cc1cc(N2CCC(=O)NC2=O)cc(C(C)(C)C)c1OC)c1ccc(NS(C)(=O)=O)cc1. The van der Waals surface area contributed by atoms with Crippen molar-refractivity contribution >= 4 is 45.2 Å². The van der Waals surface area contributed by atoms with Crippen LogP contribution in [0.2, 0.25) is 0 Å². The molecule has 0 radical (unpaired) electrons.